The van der Waals surface area contributed by atoms with Crippen LogP contribution >= 0.6 is 11.8 Å². The minimum atomic E-state index is -0.440. The minimum absolute atomic E-state index is 0. The van der Waals surface area contributed by atoms with E-state index in [1.807, 2.05) is 11.8 Å². The Morgan fingerprint density at radius 2 is 1.43 bits per heavy atom. The SMILES string of the molecule is CCCC/C=C/[B-](CSC)(C(C)C(C)C)C(C)C(C)C.[Li+]. The Bertz CT molecular complexity index is 262. The molecule has 0 rings (SSSR count). The number of allylic oxidation sites excluding steroid dienone is 1. The summed E-state index contributed by atoms with van der Waals surface area (Å²) >= 11 is 2.04. The Morgan fingerprint density at radius 3 is 1.76 bits per heavy atom. The third-order valence-corrected chi connectivity index (χ3v) is 6.65. The van der Waals surface area contributed by atoms with E-state index < -0.39 is 6.15 Å². The Labute approximate surface area is 151 Å². The normalized spacial score (nSPS) is 17.8. The van der Waals surface area contributed by atoms with Crippen LogP contribution in [0.1, 0.15) is 67.7 Å². The molecule has 120 valence electrons. The van der Waals surface area contributed by atoms with Crippen LogP contribution in [-0.2, 0) is 0 Å². The van der Waals surface area contributed by atoms with E-state index in [4.69, 9.17) is 0 Å². The monoisotopic (exact) mass is 304 g/mol. The Kier molecular flexibility index (Phi) is 14.0. The van der Waals surface area contributed by atoms with Gasteiger partial charge in [0.1, 0.15) is 0 Å². The fourth-order valence-electron chi connectivity index (χ4n) is 3.58. The topological polar surface area (TPSA) is 0 Å². The van der Waals surface area contributed by atoms with Gasteiger partial charge < -0.3 is 0 Å². The predicted molar refractivity (Wildman–Crippen MR) is 101 cm³/mol. The molecule has 0 heterocycles. The smallest absolute Gasteiger partial charge is 0.248 e. The van der Waals surface area contributed by atoms with Gasteiger partial charge in [-0.25, -0.2) is 17.7 Å². The van der Waals surface area contributed by atoms with E-state index in [1.54, 1.807) is 0 Å². The van der Waals surface area contributed by atoms with E-state index in [0.717, 1.165) is 23.5 Å². The molecule has 0 bridgehead atoms. The van der Waals surface area contributed by atoms with E-state index in [0.29, 0.717) is 0 Å². The van der Waals surface area contributed by atoms with Crippen molar-refractivity contribution in [3.63, 3.8) is 0 Å². The summed E-state index contributed by atoms with van der Waals surface area (Å²) in [5.74, 6) is 5.76. The van der Waals surface area contributed by atoms with Gasteiger partial charge in [-0.1, -0.05) is 73.1 Å². The Balaban J connectivity index is 0. The van der Waals surface area contributed by atoms with Gasteiger partial charge in [0.2, 0.25) is 0 Å². The van der Waals surface area contributed by atoms with Crippen LogP contribution in [0.5, 0.6) is 0 Å². The van der Waals surface area contributed by atoms with E-state index in [9.17, 15) is 0 Å². The number of unbranched alkanes of at least 4 members (excludes halogenated alkanes) is 2. The van der Waals surface area contributed by atoms with Gasteiger partial charge >= 0.3 is 18.9 Å². The van der Waals surface area contributed by atoms with Gasteiger partial charge in [-0.3, -0.25) is 0 Å². The van der Waals surface area contributed by atoms with Crippen molar-refractivity contribution in [2.75, 3.05) is 11.9 Å². The van der Waals surface area contributed by atoms with Crippen LogP contribution < -0.4 is 18.9 Å². The van der Waals surface area contributed by atoms with Crippen molar-refractivity contribution in [3.05, 3.63) is 12.1 Å². The molecule has 0 aromatic carbocycles. The molecule has 0 aromatic rings. The summed E-state index contributed by atoms with van der Waals surface area (Å²) in [6.07, 6.45) is 8.21. The number of hydrogen-bond acceptors (Lipinski definition) is 1. The second-order valence-electron chi connectivity index (χ2n) is 7.52. The third-order valence-electron chi connectivity index (χ3n) is 5.74. The average molecular weight is 304 g/mol. The molecule has 3 heteroatoms. The van der Waals surface area contributed by atoms with Crippen molar-refractivity contribution >= 4 is 17.9 Å². The van der Waals surface area contributed by atoms with Gasteiger partial charge in [0.15, 0.2) is 0 Å². The van der Waals surface area contributed by atoms with Gasteiger partial charge in [0, 0.05) is 6.15 Å². The molecule has 0 amide bonds. The van der Waals surface area contributed by atoms with Gasteiger partial charge in [-0.2, -0.15) is 11.6 Å². The molecule has 0 fully saturated rings. The zero-order valence-corrected chi connectivity index (χ0v) is 17.1. The first-order valence-electron chi connectivity index (χ1n) is 8.68. The molecule has 0 aliphatic rings. The van der Waals surface area contributed by atoms with Crippen molar-refractivity contribution in [2.24, 2.45) is 11.8 Å². The largest absolute Gasteiger partial charge is 1.00 e. The summed E-state index contributed by atoms with van der Waals surface area (Å²) in [6.45, 7) is 16.8. The van der Waals surface area contributed by atoms with Crippen LogP contribution in [0, 0.1) is 11.8 Å². The summed E-state index contributed by atoms with van der Waals surface area (Å²) in [7, 11) is 0. The zero-order chi connectivity index (χ0) is 15.8. The van der Waals surface area contributed by atoms with Crippen molar-refractivity contribution in [1.82, 2.24) is 0 Å². The first kappa shape index (κ1) is 24.0. The van der Waals surface area contributed by atoms with E-state index >= 15 is 0 Å². The van der Waals surface area contributed by atoms with Crippen molar-refractivity contribution < 1.29 is 18.9 Å². The first-order valence-corrected chi connectivity index (χ1v) is 10.1. The maximum absolute atomic E-state index is 2.65. The van der Waals surface area contributed by atoms with Crippen LogP contribution in [0.3, 0.4) is 0 Å². The second kappa shape index (κ2) is 12.2. The molecule has 2 unspecified atom stereocenters. The Hall–Kier alpha value is 0.752. The summed E-state index contributed by atoms with van der Waals surface area (Å²) in [6, 6.07) is 0. The van der Waals surface area contributed by atoms with Crippen LogP contribution in [-0.4, -0.2) is 18.1 Å². The number of rotatable bonds is 10. The summed E-state index contributed by atoms with van der Waals surface area (Å²) in [5, 5.41) is 0. The number of thioether (sulfide) groups is 1. The van der Waals surface area contributed by atoms with E-state index in [-0.39, 0.29) is 18.9 Å². The fraction of sp³-hybridized carbons (Fsp3) is 0.889. The quantitative estimate of drug-likeness (QED) is 0.438. The fourth-order valence-corrected chi connectivity index (χ4v) is 4.88. The molecule has 0 saturated heterocycles. The average Bonchev–Trinajstić information content (AvgIpc) is 2.40. The zero-order valence-electron chi connectivity index (χ0n) is 16.3. The summed E-state index contributed by atoms with van der Waals surface area (Å²) in [4.78, 5) is 0. The molecule has 0 spiro atoms. The van der Waals surface area contributed by atoms with Crippen LogP contribution in [0.15, 0.2) is 12.1 Å². The molecular formula is C18H38BLiS. The minimum Gasteiger partial charge on any atom is -0.248 e. The molecule has 0 saturated carbocycles. The van der Waals surface area contributed by atoms with Crippen LogP contribution in [0.2, 0.25) is 11.6 Å². The van der Waals surface area contributed by atoms with Crippen LogP contribution in [0.4, 0.5) is 0 Å². The standard InChI is InChI=1S/C18H38BS.Li/c1-9-10-11-12-13-19(14-20-8,17(6)15(2)3)18(7)16(4)5;/h12-13,15-18H,9-11,14H2,1-8H3;/q-1;+1/b13-12+;. The molecule has 0 aliphatic heterocycles. The molecule has 0 aromatic heterocycles. The number of hydrogen-bond donors (Lipinski definition) is 0. The van der Waals surface area contributed by atoms with E-state index in [2.05, 4.69) is 66.8 Å². The molecular weight excluding hydrogens is 266 g/mol. The molecule has 0 radical (unpaired) electrons. The van der Waals surface area contributed by atoms with Gasteiger partial charge in [-0.15, -0.1) is 11.7 Å². The molecule has 0 N–H and O–H groups in total. The Morgan fingerprint density at radius 1 is 0.952 bits per heavy atom. The van der Waals surface area contributed by atoms with Crippen LogP contribution in [0.25, 0.3) is 0 Å². The summed E-state index contributed by atoms with van der Waals surface area (Å²) < 4.78 is 0. The molecule has 0 nitrogen and oxygen atoms in total. The van der Waals surface area contributed by atoms with Gasteiger partial charge in [0.05, 0.1) is 0 Å². The van der Waals surface area contributed by atoms with E-state index in [1.165, 1.54) is 24.9 Å². The predicted octanol–water partition coefficient (Wildman–Crippen LogP) is 3.72. The molecule has 21 heavy (non-hydrogen) atoms. The van der Waals surface area contributed by atoms with Crippen molar-refractivity contribution in [3.8, 4) is 0 Å². The summed E-state index contributed by atoms with van der Waals surface area (Å²) in [5.41, 5.74) is 1.31. The first-order chi connectivity index (χ1) is 9.33. The van der Waals surface area contributed by atoms with Gasteiger partial charge in [0.25, 0.3) is 0 Å². The van der Waals surface area contributed by atoms with Gasteiger partial charge in [-0.05, 0) is 12.7 Å². The molecule has 2 atom stereocenters. The maximum Gasteiger partial charge on any atom is 1.00 e. The van der Waals surface area contributed by atoms with Crippen molar-refractivity contribution in [2.45, 2.75) is 79.4 Å². The maximum atomic E-state index is 2.65. The third kappa shape index (κ3) is 7.24. The van der Waals surface area contributed by atoms with Crippen molar-refractivity contribution in [1.29, 1.82) is 0 Å². The molecule has 0 aliphatic carbocycles. The second-order valence-corrected chi connectivity index (χ2v) is 8.43.